The Morgan fingerprint density at radius 2 is 1.58 bits per heavy atom. The predicted molar refractivity (Wildman–Crippen MR) is 78.2 cm³/mol. The van der Waals surface area contributed by atoms with Crippen molar-refractivity contribution in [1.82, 2.24) is 0 Å². The van der Waals surface area contributed by atoms with Gasteiger partial charge in [-0.2, -0.15) is 36.9 Å². The van der Waals surface area contributed by atoms with Gasteiger partial charge < -0.3 is 0 Å². The maximum absolute atomic E-state index is 13.2. The van der Waals surface area contributed by atoms with E-state index < -0.39 is 67.8 Å². The number of thiophene rings is 1. The Morgan fingerprint density at radius 1 is 1.08 bits per heavy atom. The zero-order valence-corrected chi connectivity index (χ0v) is 14.1. The Bertz CT molecular complexity index is 810. The zero-order chi connectivity index (χ0) is 18.4. The quantitative estimate of drug-likeness (QED) is 0.324. The van der Waals surface area contributed by atoms with E-state index in [9.17, 15) is 31.1 Å². The third-order valence-corrected chi connectivity index (χ3v) is 5.29. The molecule has 1 atom stereocenters. The fourth-order valence-electron chi connectivity index (χ4n) is 2.46. The molecule has 0 fully saturated rings. The number of halogens is 7. The van der Waals surface area contributed by atoms with E-state index in [-0.39, 0.29) is 0 Å². The van der Waals surface area contributed by atoms with Crippen molar-refractivity contribution in [2.75, 3.05) is 0 Å². The number of carbonyl (C=O) groups is 1. The van der Waals surface area contributed by atoms with Gasteiger partial charge in [-0.25, -0.2) is 0 Å². The largest absolute Gasteiger partial charge is 0.426 e. The molecule has 0 N–H and O–H groups in total. The molecule has 2 rings (SSSR count). The van der Waals surface area contributed by atoms with Crippen LogP contribution in [0.3, 0.4) is 0 Å². The van der Waals surface area contributed by atoms with Crippen molar-refractivity contribution in [3.8, 4) is 12.1 Å². The topological polar surface area (TPSA) is 64.7 Å². The summed E-state index contributed by atoms with van der Waals surface area (Å²) in [6, 6.07) is 2.89. The fraction of sp³-hybridized carbons (Fsp3) is 0.308. The van der Waals surface area contributed by atoms with Crippen LogP contribution in [0.4, 0.5) is 26.3 Å². The van der Waals surface area contributed by atoms with Crippen LogP contribution in [0.25, 0.3) is 0 Å². The van der Waals surface area contributed by atoms with E-state index in [2.05, 4.69) is 0 Å². The van der Waals surface area contributed by atoms with Crippen LogP contribution in [0, 0.1) is 28.6 Å². The van der Waals surface area contributed by atoms with Crippen molar-refractivity contribution < 1.29 is 31.1 Å². The molecule has 1 aromatic heterocycles. The van der Waals surface area contributed by atoms with E-state index in [4.69, 9.17) is 10.5 Å². The number of nitrogens with zero attached hydrogens (tertiary/aromatic N) is 2. The molecule has 11 heteroatoms. The summed E-state index contributed by atoms with van der Waals surface area (Å²) >= 11 is 0.901. The summed E-state index contributed by atoms with van der Waals surface area (Å²) in [4.78, 5) is 8.96. The highest BCUT2D eigenvalue weighted by Gasteiger charge is 2.53. The van der Waals surface area contributed by atoms with Crippen LogP contribution in [0.15, 0.2) is 9.66 Å². The normalized spacial score (nSPS) is 19.5. The number of Topliss-reactive ketones (excluding diaryl/α,β-unsaturated/α-hetero) is 1. The lowest BCUT2D eigenvalue weighted by Gasteiger charge is -2.15. The van der Waals surface area contributed by atoms with Crippen molar-refractivity contribution in [2.24, 2.45) is 5.92 Å². The van der Waals surface area contributed by atoms with E-state index in [0.29, 0.717) is 0 Å². The van der Waals surface area contributed by atoms with Gasteiger partial charge in [-0.15, -0.1) is 11.3 Å². The van der Waals surface area contributed by atoms with E-state index in [1.807, 2.05) is 0 Å². The first-order valence-corrected chi connectivity index (χ1v) is 8.00. The molecule has 0 amide bonds. The van der Waals surface area contributed by atoms with Crippen LogP contribution in [0.5, 0.6) is 0 Å². The van der Waals surface area contributed by atoms with Crippen molar-refractivity contribution in [1.29, 1.82) is 10.5 Å². The van der Waals surface area contributed by atoms with Crippen molar-refractivity contribution in [3.63, 3.8) is 0 Å². The molecule has 126 valence electrons. The maximum Gasteiger partial charge on any atom is 0.426 e. The smallest absolute Gasteiger partial charge is 0.289 e. The highest BCUT2D eigenvalue weighted by Crippen LogP contribution is 2.55. The van der Waals surface area contributed by atoms with E-state index in [1.54, 1.807) is 0 Å². The number of allylic oxidation sites excluding steroid dienone is 1. The highest BCUT2D eigenvalue weighted by atomic mass is 127. The maximum atomic E-state index is 13.2. The number of fused-ring (bicyclic) bond motifs is 1. The van der Waals surface area contributed by atoms with Gasteiger partial charge in [0.05, 0.1) is 12.1 Å². The van der Waals surface area contributed by atoms with Crippen molar-refractivity contribution in [2.45, 2.75) is 18.3 Å². The van der Waals surface area contributed by atoms with Gasteiger partial charge in [-0.1, -0.05) is 22.6 Å². The van der Waals surface area contributed by atoms with Gasteiger partial charge in [-0.3, -0.25) is 4.79 Å². The molecule has 1 aliphatic rings. The number of alkyl halides is 6. The molecule has 0 spiro atoms. The van der Waals surface area contributed by atoms with Gasteiger partial charge >= 0.3 is 12.4 Å². The molecule has 0 aromatic carbocycles. The second-order valence-corrected chi connectivity index (χ2v) is 6.30. The lowest BCUT2D eigenvalue weighted by molar-refractivity contribution is -0.135. The molecule has 1 aliphatic carbocycles. The van der Waals surface area contributed by atoms with Gasteiger partial charge in [0, 0.05) is 17.1 Å². The van der Waals surface area contributed by atoms with E-state index >= 15 is 0 Å². The summed E-state index contributed by atoms with van der Waals surface area (Å²) in [5, 5.41) is 17.9. The Labute approximate surface area is 148 Å². The van der Waals surface area contributed by atoms with E-state index in [0.717, 1.165) is 4.08 Å². The van der Waals surface area contributed by atoms with Crippen LogP contribution in [0.1, 0.15) is 31.6 Å². The van der Waals surface area contributed by atoms with Crippen LogP contribution in [-0.2, 0) is 12.4 Å². The number of carbonyl (C=O) groups excluding carboxylic acids is 1. The third-order valence-electron chi connectivity index (χ3n) is 3.32. The summed E-state index contributed by atoms with van der Waals surface area (Å²) in [5.41, 5.74) is -2.46. The number of rotatable bonds is 1. The van der Waals surface area contributed by atoms with Gasteiger partial charge in [0.15, 0.2) is 5.78 Å². The number of hydrogen-bond donors (Lipinski definition) is 0. The van der Waals surface area contributed by atoms with Crippen LogP contribution >= 0.6 is 33.9 Å². The SMILES string of the molecule is N#CC(C#N)C1/C(=C\I)C(=O)c2c(C(F)(F)F)sc(C(F)(F)F)c21. The Kier molecular flexibility index (Phi) is 4.71. The van der Waals surface area contributed by atoms with E-state index in [1.165, 1.54) is 34.7 Å². The minimum atomic E-state index is -5.16. The number of hydrogen-bond acceptors (Lipinski definition) is 4. The molecular formula is C13H3F6IN2OS. The fourth-order valence-corrected chi connectivity index (χ4v) is 4.21. The summed E-state index contributed by atoms with van der Waals surface area (Å²) < 4.78 is 79.8. The highest BCUT2D eigenvalue weighted by molar-refractivity contribution is 14.1. The molecular weight excluding hydrogens is 473 g/mol. The molecule has 0 aliphatic heterocycles. The molecule has 0 bridgehead atoms. The molecule has 1 unspecified atom stereocenters. The zero-order valence-electron chi connectivity index (χ0n) is 11.1. The lowest BCUT2D eigenvalue weighted by atomic mass is 9.86. The van der Waals surface area contributed by atoms with Crippen LogP contribution in [0.2, 0.25) is 0 Å². The van der Waals surface area contributed by atoms with Crippen molar-refractivity contribution >= 4 is 39.7 Å². The molecule has 1 heterocycles. The second kappa shape index (κ2) is 6.04. The first-order chi connectivity index (χ1) is 11.0. The number of ketones is 1. The minimum Gasteiger partial charge on any atom is -0.289 e. The second-order valence-electron chi connectivity index (χ2n) is 4.65. The molecule has 0 saturated heterocycles. The summed E-state index contributed by atoms with van der Waals surface area (Å²) in [7, 11) is 0. The van der Waals surface area contributed by atoms with Crippen LogP contribution < -0.4 is 0 Å². The van der Waals surface area contributed by atoms with Crippen molar-refractivity contribution in [3.05, 3.63) is 30.5 Å². The average molecular weight is 476 g/mol. The Morgan fingerprint density at radius 3 is 1.96 bits per heavy atom. The number of nitriles is 2. The van der Waals surface area contributed by atoms with Gasteiger partial charge in [0.2, 0.25) is 0 Å². The van der Waals surface area contributed by atoms with Gasteiger partial charge in [-0.05, 0) is 9.65 Å². The standard InChI is InChI=1S/C13H3F6IN2OS/c14-12(15,16)10-7-6(4(2-21)3-22)5(1-20)9(23)8(7)11(24-10)13(17,18)19/h1,4,6H/b5-1+. The third kappa shape index (κ3) is 2.80. The van der Waals surface area contributed by atoms with Gasteiger partial charge in [0.1, 0.15) is 15.7 Å². The minimum absolute atomic E-state index is 0.419. The van der Waals surface area contributed by atoms with Gasteiger partial charge in [0.25, 0.3) is 0 Å². The summed E-state index contributed by atoms with van der Waals surface area (Å²) in [6.45, 7) is 0. The first-order valence-electron chi connectivity index (χ1n) is 5.94. The lowest BCUT2D eigenvalue weighted by Crippen LogP contribution is -2.14. The first kappa shape index (κ1) is 18.7. The molecule has 24 heavy (non-hydrogen) atoms. The molecule has 1 aromatic rings. The Balaban J connectivity index is 2.92. The molecule has 0 radical (unpaired) electrons. The Hall–Kier alpha value is -1.60. The average Bonchev–Trinajstić information content (AvgIpc) is 2.97. The summed E-state index contributed by atoms with van der Waals surface area (Å²) in [6.07, 6.45) is -10.3. The predicted octanol–water partition coefficient (Wildman–Crippen LogP) is 5.05. The monoisotopic (exact) mass is 476 g/mol. The summed E-state index contributed by atoms with van der Waals surface area (Å²) in [5.74, 6) is -4.62. The molecule has 3 nitrogen and oxygen atoms in total. The van der Waals surface area contributed by atoms with Crippen LogP contribution in [-0.4, -0.2) is 5.78 Å². The molecule has 0 saturated carbocycles.